The van der Waals surface area contributed by atoms with Crippen LogP contribution < -0.4 is 10.7 Å². The highest BCUT2D eigenvalue weighted by Crippen LogP contribution is 2.30. The topological polar surface area (TPSA) is 125 Å². The van der Waals surface area contributed by atoms with Crippen molar-refractivity contribution in [2.75, 3.05) is 18.1 Å². The van der Waals surface area contributed by atoms with Crippen LogP contribution >= 0.6 is 0 Å². The number of fused-ring (bicyclic) bond motifs is 2. The molecule has 1 aromatic heterocycles. The van der Waals surface area contributed by atoms with E-state index in [1.165, 1.54) is 23.1 Å². The van der Waals surface area contributed by atoms with E-state index in [1.807, 2.05) is 0 Å². The van der Waals surface area contributed by atoms with Crippen molar-refractivity contribution in [3.05, 3.63) is 68.7 Å². The minimum atomic E-state index is -0.752. The Balaban J connectivity index is 1.43. The summed E-state index contributed by atoms with van der Waals surface area (Å²) in [5.74, 6) is -1.88. The minimum Gasteiger partial charge on any atom is -0.454 e. The van der Waals surface area contributed by atoms with Gasteiger partial charge in [-0.2, -0.15) is 0 Å². The quantitative estimate of drug-likeness (QED) is 0.357. The molecule has 0 bridgehead atoms. The van der Waals surface area contributed by atoms with Crippen LogP contribution in [0.25, 0.3) is 11.1 Å². The highest BCUT2D eigenvalue weighted by molar-refractivity contribution is 5.96. The first-order valence-corrected chi connectivity index (χ1v) is 9.26. The van der Waals surface area contributed by atoms with Crippen molar-refractivity contribution in [2.45, 2.75) is 19.4 Å². The van der Waals surface area contributed by atoms with Gasteiger partial charge in [0, 0.05) is 24.4 Å². The van der Waals surface area contributed by atoms with E-state index in [4.69, 9.17) is 9.15 Å². The number of anilines is 1. The first kappa shape index (κ1) is 19.4. The van der Waals surface area contributed by atoms with E-state index in [0.717, 1.165) is 4.57 Å². The van der Waals surface area contributed by atoms with Gasteiger partial charge in [0.05, 0.1) is 10.4 Å². The molecular weight excluding hydrogens is 394 g/mol. The molecule has 1 aliphatic heterocycles. The number of amides is 1. The molecule has 0 N–H and O–H groups in total. The molecule has 30 heavy (non-hydrogen) atoms. The number of hydrogen-bond acceptors (Lipinski definition) is 7. The zero-order valence-corrected chi connectivity index (χ0v) is 15.8. The lowest BCUT2D eigenvalue weighted by atomic mass is 10.0. The molecule has 0 saturated carbocycles. The second-order valence-corrected chi connectivity index (χ2v) is 6.80. The number of nitro groups is 1. The van der Waals surface area contributed by atoms with Gasteiger partial charge in [0.15, 0.2) is 12.2 Å². The van der Waals surface area contributed by atoms with Crippen LogP contribution in [-0.2, 0) is 27.3 Å². The molecule has 2 heterocycles. The minimum absolute atomic E-state index is 0.0349. The number of ether oxygens (including phenoxy) is 1. The predicted octanol–water partition coefficient (Wildman–Crippen LogP) is 2.03. The van der Waals surface area contributed by atoms with Gasteiger partial charge in [-0.15, -0.1) is 0 Å². The number of non-ortho nitro benzene ring substituents is 1. The first-order chi connectivity index (χ1) is 14.4. The Labute approximate surface area is 169 Å². The summed E-state index contributed by atoms with van der Waals surface area (Å²) in [6.07, 6.45) is 1.27. The molecule has 10 heteroatoms. The summed E-state index contributed by atoms with van der Waals surface area (Å²) in [6.45, 7) is -0.460. The number of rotatable bonds is 5. The molecule has 0 saturated heterocycles. The van der Waals surface area contributed by atoms with Gasteiger partial charge in [0.2, 0.25) is 0 Å². The van der Waals surface area contributed by atoms with Gasteiger partial charge in [0.1, 0.15) is 6.54 Å². The third-order valence-electron chi connectivity index (χ3n) is 4.91. The molecule has 0 fully saturated rings. The number of hydrogen-bond donors (Lipinski definition) is 0. The maximum atomic E-state index is 12.6. The Hall–Kier alpha value is -3.95. The molecule has 4 rings (SSSR count). The molecule has 1 amide bonds. The summed E-state index contributed by atoms with van der Waals surface area (Å²) in [4.78, 5) is 48.6. The fraction of sp³-hybridized carbons (Fsp3) is 0.250. The Morgan fingerprint density at radius 3 is 2.80 bits per heavy atom. The SMILES string of the molecule is O=C(Cn1c(=O)oc2ccccc21)OCC(=O)N1CCCc2cc([N+](=O)[O-])ccc21. The second kappa shape index (κ2) is 7.82. The molecule has 0 atom stereocenters. The third-order valence-corrected chi connectivity index (χ3v) is 4.91. The van der Waals surface area contributed by atoms with Crippen LogP contribution in [0.4, 0.5) is 11.4 Å². The Morgan fingerprint density at radius 1 is 1.20 bits per heavy atom. The summed E-state index contributed by atoms with van der Waals surface area (Å²) < 4.78 is 11.3. The standard InChI is InChI=1S/C20H17N3O7/c24-18(21-9-3-4-13-10-14(23(27)28)7-8-15(13)21)12-29-19(25)11-22-16-5-1-2-6-17(16)30-20(22)26/h1-2,5-8,10H,3-4,9,11-12H2. The number of oxazole rings is 1. The highest BCUT2D eigenvalue weighted by Gasteiger charge is 2.25. The number of nitrogens with zero attached hydrogens (tertiary/aromatic N) is 3. The predicted molar refractivity (Wildman–Crippen MR) is 105 cm³/mol. The molecule has 0 radical (unpaired) electrons. The molecular formula is C20H17N3O7. The van der Waals surface area contributed by atoms with Gasteiger partial charge >= 0.3 is 11.7 Å². The summed E-state index contributed by atoms with van der Waals surface area (Å²) in [5.41, 5.74) is 2.05. The van der Waals surface area contributed by atoms with Crippen molar-refractivity contribution in [3.8, 4) is 0 Å². The third kappa shape index (κ3) is 3.66. The highest BCUT2D eigenvalue weighted by atomic mass is 16.6. The Morgan fingerprint density at radius 2 is 2.00 bits per heavy atom. The van der Waals surface area contributed by atoms with E-state index < -0.39 is 29.2 Å². The van der Waals surface area contributed by atoms with E-state index in [1.54, 1.807) is 24.3 Å². The zero-order chi connectivity index (χ0) is 21.3. The van der Waals surface area contributed by atoms with Gasteiger partial charge in [-0.3, -0.25) is 24.3 Å². The lowest BCUT2D eigenvalue weighted by molar-refractivity contribution is -0.384. The van der Waals surface area contributed by atoms with Crippen molar-refractivity contribution >= 4 is 34.4 Å². The molecule has 0 spiro atoms. The van der Waals surface area contributed by atoms with Gasteiger partial charge in [-0.1, -0.05) is 12.1 Å². The summed E-state index contributed by atoms with van der Waals surface area (Å²) in [7, 11) is 0. The van der Waals surface area contributed by atoms with E-state index in [9.17, 15) is 24.5 Å². The van der Waals surface area contributed by atoms with Crippen LogP contribution in [0, 0.1) is 10.1 Å². The maximum Gasteiger partial charge on any atom is 0.420 e. The molecule has 0 aliphatic carbocycles. The van der Waals surface area contributed by atoms with Crippen LogP contribution in [0.15, 0.2) is 51.7 Å². The van der Waals surface area contributed by atoms with Crippen molar-refractivity contribution in [1.29, 1.82) is 0 Å². The number of benzene rings is 2. The number of esters is 1. The molecule has 3 aromatic rings. The van der Waals surface area contributed by atoms with Gasteiger partial charge in [0.25, 0.3) is 11.6 Å². The monoisotopic (exact) mass is 411 g/mol. The lowest BCUT2D eigenvalue weighted by Gasteiger charge is -2.29. The molecule has 2 aromatic carbocycles. The lowest BCUT2D eigenvalue weighted by Crippen LogP contribution is -2.38. The molecule has 10 nitrogen and oxygen atoms in total. The molecule has 0 unspecified atom stereocenters. The van der Waals surface area contributed by atoms with Crippen LogP contribution in [0.5, 0.6) is 0 Å². The fourth-order valence-corrected chi connectivity index (χ4v) is 3.51. The van der Waals surface area contributed by atoms with Gasteiger partial charge in [-0.25, -0.2) is 4.79 Å². The number of aryl methyl sites for hydroxylation is 1. The number of aromatic nitrogens is 1. The van der Waals surface area contributed by atoms with Gasteiger partial charge < -0.3 is 14.1 Å². The first-order valence-electron chi connectivity index (χ1n) is 9.26. The Bertz CT molecular complexity index is 1210. The average Bonchev–Trinajstić information content (AvgIpc) is 3.06. The van der Waals surface area contributed by atoms with Crippen molar-refractivity contribution in [2.24, 2.45) is 0 Å². The van der Waals surface area contributed by atoms with E-state index >= 15 is 0 Å². The second-order valence-electron chi connectivity index (χ2n) is 6.80. The smallest absolute Gasteiger partial charge is 0.420 e. The summed E-state index contributed by atoms with van der Waals surface area (Å²) in [6, 6.07) is 11.0. The van der Waals surface area contributed by atoms with Crippen molar-refractivity contribution in [3.63, 3.8) is 0 Å². The summed E-state index contributed by atoms with van der Waals surface area (Å²) in [5, 5.41) is 11.0. The number of nitro benzene ring substituents is 1. The fourth-order valence-electron chi connectivity index (χ4n) is 3.51. The largest absolute Gasteiger partial charge is 0.454 e. The molecule has 154 valence electrons. The molecule has 1 aliphatic rings. The van der Waals surface area contributed by atoms with E-state index in [2.05, 4.69) is 0 Å². The Kier molecular flexibility index (Phi) is 5.05. The zero-order valence-electron chi connectivity index (χ0n) is 15.8. The normalized spacial score (nSPS) is 13.1. The van der Waals surface area contributed by atoms with Crippen LogP contribution in [0.3, 0.4) is 0 Å². The van der Waals surface area contributed by atoms with Crippen LogP contribution in [0.2, 0.25) is 0 Å². The van der Waals surface area contributed by atoms with E-state index in [-0.39, 0.29) is 12.2 Å². The summed E-state index contributed by atoms with van der Waals surface area (Å²) >= 11 is 0. The van der Waals surface area contributed by atoms with Crippen LogP contribution in [0.1, 0.15) is 12.0 Å². The number of para-hydroxylation sites is 2. The number of carbonyl (C=O) groups excluding carboxylic acids is 2. The average molecular weight is 411 g/mol. The van der Waals surface area contributed by atoms with Gasteiger partial charge in [-0.05, 0) is 36.6 Å². The van der Waals surface area contributed by atoms with Crippen molar-refractivity contribution in [1.82, 2.24) is 4.57 Å². The van der Waals surface area contributed by atoms with Crippen molar-refractivity contribution < 1.29 is 23.7 Å². The van der Waals surface area contributed by atoms with Crippen LogP contribution in [-0.4, -0.2) is 34.5 Å². The van der Waals surface area contributed by atoms with E-state index in [0.29, 0.717) is 41.7 Å². The maximum absolute atomic E-state index is 12.6. The number of carbonyl (C=O) groups is 2.